The van der Waals surface area contributed by atoms with E-state index in [1.807, 2.05) is 0 Å². The molecule has 1 aliphatic rings. The van der Waals surface area contributed by atoms with Gasteiger partial charge in [-0.3, -0.25) is 14.4 Å². The quantitative estimate of drug-likeness (QED) is 0.785. The third-order valence-corrected chi connectivity index (χ3v) is 3.26. The molecule has 0 saturated carbocycles. The predicted molar refractivity (Wildman–Crippen MR) is 63.4 cm³/mol. The Balaban J connectivity index is 2.61. The maximum Gasteiger partial charge on any atom is 0.417 e. The molecular weight excluding hydrogens is 273 g/mol. The summed E-state index contributed by atoms with van der Waals surface area (Å²) in [6, 6.07) is 2.96. The fraction of sp³-hybridized carbons (Fsp3) is 0.357. The smallest absolute Gasteiger partial charge is 0.298 e. The molecule has 20 heavy (non-hydrogen) atoms. The number of hydrogen-bond acceptors (Lipinski definition) is 3. The van der Waals surface area contributed by atoms with Crippen LogP contribution in [0.25, 0.3) is 0 Å². The number of carbonyl (C=O) groups excluding carboxylic acids is 3. The van der Waals surface area contributed by atoms with E-state index in [0.29, 0.717) is 0 Å². The van der Waals surface area contributed by atoms with Gasteiger partial charge in [-0.05, 0) is 6.07 Å². The first-order valence-corrected chi connectivity index (χ1v) is 5.98. The minimum Gasteiger partial charge on any atom is -0.298 e. The number of hydrogen-bond donors (Lipinski definition) is 0. The highest BCUT2D eigenvalue weighted by molar-refractivity contribution is 6.36. The third-order valence-electron chi connectivity index (χ3n) is 3.26. The first-order valence-electron chi connectivity index (χ1n) is 5.98. The predicted octanol–water partition coefficient (Wildman–Crippen LogP) is 2.93. The molecule has 0 N–H and O–H groups in total. The Morgan fingerprint density at radius 3 is 2.25 bits per heavy atom. The molecule has 1 aromatic carbocycles. The molecule has 0 aromatic heterocycles. The molecule has 6 heteroatoms. The molecule has 1 atom stereocenters. The molecule has 0 bridgehead atoms. The minimum absolute atomic E-state index is 0.316. The molecular formula is C14H11F3O3. The highest BCUT2D eigenvalue weighted by atomic mass is 19.4. The van der Waals surface area contributed by atoms with Gasteiger partial charge in [0.25, 0.3) is 0 Å². The molecule has 0 fully saturated rings. The zero-order valence-corrected chi connectivity index (χ0v) is 10.7. The van der Waals surface area contributed by atoms with Crippen molar-refractivity contribution in [1.82, 2.24) is 0 Å². The van der Waals surface area contributed by atoms with E-state index in [9.17, 15) is 27.6 Å². The summed E-state index contributed by atoms with van der Waals surface area (Å²) in [6.07, 6.45) is -4.74. The van der Waals surface area contributed by atoms with Crippen molar-refractivity contribution in [2.45, 2.75) is 20.0 Å². The van der Waals surface area contributed by atoms with Crippen LogP contribution in [0.2, 0.25) is 0 Å². The van der Waals surface area contributed by atoms with Gasteiger partial charge in [-0.25, -0.2) is 0 Å². The Morgan fingerprint density at radius 1 is 1.15 bits per heavy atom. The average Bonchev–Trinajstić information content (AvgIpc) is 2.60. The standard InChI is InChI=1S/C14H11F3O3/c1-6(2)11(18)10-12(19)7-4-3-5-8(14(15,16)17)9(7)13(10)20/h3-6,10H,1-2H3. The molecule has 1 aliphatic carbocycles. The molecule has 0 radical (unpaired) electrons. The molecule has 0 heterocycles. The lowest BCUT2D eigenvalue weighted by Gasteiger charge is -2.11. The van der Waals surface area contributed by atoms with Gasteiger partial charge in [0.15, 0.2) is 17.3 Å². The molecule has 3 nitrogen and oxygen atoms in total. The maximum absolute atomic E-state index is 12.9. The van der Waals surface area contributed by atoms with Gasteiger partial charge in [-0.1, -0.05) is 26.0 Å². The zero-order valence-electron chi connectivity index (χ0n) is 10.7. The first kappa shape index (κ1) is 14.4. The summed E-state index contributed by atoms with van der Waals surface area (Å²) in [7, 11) is 0. The number of ketones is 3. The number of halogens is 3. The normalized spacial score (nSPS) is 18.6. The topological polar surface area (TPSA) is 51.2 Å². The zero-order chi connectivity index (χ0) is 15.2. The lowest BCUT2D eigenvalue weighted by atomic mass is 9.91. The van der Waals surface area contributed by atoms with Crippen LogP contribution >= 0.6 is 0 Å². The van der Waals surface area contributed by atoms with Crippen LogP contribution in [0.1, 0.15) is 40.1 Å². The van der Waals surface area contributed by atoms with E-state index in [2.05, 4.69) is 0 Å². The molecule has 2 rings (SSSR count). The Morgan fingerprint density at radius 2 is 1.75 bits per heavy atom. The van der Waals surface area contributed by atoms with Crippen molar-refractivity contribution in [3.63, 3.8) is 0 Å². The van der Waals surface area contributed by atoms with Gasteiger partial charge >= 0.3 is 6.18 Å². The number of rotatable bonds is 2. The van der Waals surface area contributed by atoms with Crippen LogP contribution in [0, 0.1) is 11.8 Å². The Bertz CT molecular complexity index is 615. The van der Waals surface area contributed by atoms with Crippen molar-refractivity contribution < 1.29 is 27.6 Å². The number of alkyl halides is 3. The van der Waals surface area contributed by atoms with Crippen molar-refractivity contribution in [1.29, 1.82) is 0 Å². The Labute approximate surface area is 112 Å². The average molecular weight is 284 g/mol. The summed E-state index contributed by atoms with van der Waals surface area (Å²) < 4.78 is 38.6. The van der Waals surface area contributed by atoms with Gasteiger partial charge in [0.1, 0.15) is 5.92 Å². The fourth-order valence-electron chi connectivity index (χ4n) is 2.27. The van der Waals surface area contributed by atoms with Crippen molar-refractivity contribution in [2.24, 2.45) is 11.8 Å². The molecule has 106 valence electrons. The van der Waals surface area contributed by atoms with Gasteiger partial charge in [-0.2, -0.15) is 13.2 Å². The van der Waals surface area contributed by atoms with E-state index in [1.165, 1.54) is 13.8 Å². The van der Waals surface area contributed by atoms with Crippen LogP contribution < -0.4 is 0 Å². The SMILES string of the molecule is CC(C)C(=O)C1C(=O)c2cccc(C(F)(F)F)c2C1=O. The molecule has 1 unspecified atom stereocenters. The summed E-state index contributed by atoms with van der Waals surface area (Å²) in [5.41, 5.74) is -2.15. The second-order valence-electron chi connectivity index (χ2n) is 4.94. The third kappa shape index (κ3) is 2.05. The molecule has 0 spiro atoms. The fourth-order valence-corrected chi connectivity index (χ4v) is 2.27. The van der Waals surface area contributed by atoms with Crippen molar-refractivity contribution in [3.05, 3.63) is 34.9 Å². The second-order valence-corrected chi connectivity index (χ2v) is 4.94. The van der Waals surface area contributed by atoms with Gasteiger partial charge < -0.3 is 0 Å². The Hall–Kier alpha value is -1.98. The molecule has 0 aliphatic heterocycles. The monoisotopic (exact) mass is 284 g/mol. The molecule has 1 aromatic rings. The lowest BCUT2D eigenvalue weighted by Crippen LogP contribution is -2.29. The van der Waals surface area contributed by atoms with Crippen LogP contribution in [-0.4, -0.2) is 17.3 Å². The minimum atomic E-state index is -4.74. The van der Waals surface area contributed by atoms with Crippen molar-refractivity contribution in [3.8, 4) is 0 Å². The van der Waals surface area contributed by atoms with Gasteiger partial charge in [-0.15, -0.1) is 0 Å². The van der Waals surface area contributed by atoms with Crippen LogP contribution in [0.4, 0.5) is 13.2 Å². The largest absolute Gasteiger partial charge is 0.417 e. The Kier molecular flexibility index (Phi) is 3.28. The van der Waals surface area contributed by atoms with E-state index in [0.717, 1.165) is 18.2 Å². The van der Waals surface area contributed by atoms with Crippen LogP contribution in [-0.2, 0) is 11.0 Å². The summed E-state index contributed by atoms with van der Waals surface area (Å²) in [5.74, 6) is -4.76. The van der Waals surface area contributed by atoms with Gasteiger partial charge in [0.2, 0.25) is 0 Å². The highest BCUT2D eigenvalue weighted by Gasteiger charge is 2.48. The summed E-state index contributed by atoms with van der Waals surface area (Å²) in [5, 5.41) is 0. The number of fused-ring (bicyclic) bond motifs is 1. The lowest BCUT2D eigenvalue weighted by molar-refractivity contribution is -0.138. The van der Waals surface area contributed by atoms with Crippen molar-refractivity contribution >= 4 is 17.3 Å². The maximum atomic E-state index is 12.9. The molecule has 0 amide bonds. The first-order chi connectivity index (χ1) is 9.16. The molecule has 0 saturated heterocycles. The van der Waals surface area contributed by atoms with Crippen molar-refractivity contribution in [2.75, 3.05) is 0 Å². The van der Waals surface area contributed by atoms with Gasteiger partial charge in [0.05, 0.1) is 5.56 Å². The van der Waals surface area contributed by atoms with E-state index in [-0.39, 0.29) is 5.56 Å². The second kappa shape index (κ2) is 4.54. The van der Waals surface area contributed by atoms with E-state index >= 15 is 0 Å². The van der Waals surface area contributed by atoms with Gasteiger partial charge in [0, 0.05) is 17.0 Å². The summed E-state index contributed by atoms with van der Waals surface area (Å²) >= 11 is 0. The number of Topliss-reactive ketones (excluding diaryl/α,β-unsaturated/α-hetero) is 3. The van der Waals surface area contributed by atoms with E-state index < -0.39 is 46.5 Å². The summed E-state index contributed by atoms with van der Waals surface area (Å²) in [6.45, 7) is 2.99. The summed E-state index contributed by atoms with van der Waals surface area (Å²) in [4.78, 5) is 36.0. The van der Waals surface area contributed by atoms with E-state index in [1.54, 1.807) is 0 Å². The van der Waals surface area contributed by atoms with E-state index in [4.69, 9.17) is 0 Å². The highest BCUT2D eigenvalue weighted by Crippen LogP contribution is 2.39. The van der Waals surface area contributed by atoms with Crippen LogP contribution in [0.3, 0.4) is 0 Å². The van der Waals surface area contributed by atoms with Crippen LogP contribution in [0.15, 0.2) is 18.2 Å². The number of benzene rings is 1. The van der Waals surface area contributed by atoms with Crippen LogP contribution in [0.5, 0.6) is 0 Å². The number of carbonyl (C=O) groups is 3.